The van der Waals surface area contributed by atoms with Crippen molar-refractivity contribution in [2.45, 2.75) is 26.2 Å². The molecule has 0 radical (unpaired) electrons. The molecule has 0 aromatic carbocycles. The van der Waals surface area contributed by atoms with Crippen molar-refractivity contribution in [1.82, 2.24) is 9.80 Å². The van der Waals surface area contributed by atoms with Gasteiger partial charge < -0.3 is 10.0 Å². The Bertz CT molecular complexity index is 262. The van der Waals surface area contributed by atoms with Gasteiger partial charge in [0.15, 0.2) is 0 Å². The third kappa shape index (κ3) is 2.55. The van der Waals surface area contributed by atoms with Crippen LogP contribution in [0, 0.1) is 5.41 Å². The number of nitrogens with zero attached hydrogens (tertiary/aromatic N) is 2. The van der Waals surface area contributed by atoms with Crippen LogP contribution in [-0.2, 0) is 4.79 Å². The Morgan fingerprint density at radius 1 is 1.31 bits per heavy atom. The molecule has 2 fully saturated rings. The molecule has 0 aromatic heterocycles. The maximum absolute atomic E-state index is 10.6. The monoisotopic (exact) mass is 226 g/mol. The topological polar surface area (TPSA) is 43.8 Å². The largest absolute Gasteiger partial charge is 0.480 e. The van der Waals surface area contributed by atoms with Crippen LogP contribution in [0.4, 0.5) is 0 Å². The molecule has 92 valence electrons. The van der Waals surface area contributed by atoms with Crippen LogP contribution in [0.2, 0.25) is 0 Å². The number of carboxylic acid groups (broad SMARTS) is 1. The zero-order chi connectivity index (χ0) is 11.6. The Kier molecular flexibility index (Phi) is 3.50. The highest BCUT2D eigenvalue weighted by atomic mass is 16.4. The van der Waals surface area contributed by atoms with Gasteiger partial charge in [-0.25, -0.2) is 0 Å². The fourth-order valence-corrected chi connectivity index (χ4v) is 3.06. The molecule has 0 amide bonds. The highest BCUT2D eigenvalue weighted by Gasteiger charge is 2.47. The molecule has 2 saturated heterocycles. The maximum atomic E-state index is 10.6. The lowest BCUT2D eigenvalue weighted by molar-refractivity contribution is -0.141. The lowest BCUT2D eigenvalue weighted by atomic mass is 9.79. The lowest BCUT2D eigenvalue weighted by Gasteiger charge is -2.47. The SMILES string of the molecule is CCCCN1CCC2(C1)CN(CC(=O)O)C2. The molecular weight excluding hydrogens is 204 g/mol. The number of hydrogen-bond acceptors (Lipinski definition) is 3. The van der Waals surface area contributed by atoms with Gasteiger partial charge in [0.25, 0.3) is 0 Å². The van der Waals surface area contributed by atoms with Crippen LogP contribution < -0.4 is 0 Å². The quantitative estimate of drug-likeness (QED) is 0.756. The van der Waals surface area contributed by atoms with Crippen LogP contribution in [0.25, 0.3) is 0 Å². The van der Waals surface area contributed by atoms with E-state index < -0.39 is 5.97 Å². The van der Waals surface area contributed by atoms with Crippen LogP contribution in [0.5, 0.6) is 0 Å². The Morgan fingerprint density at radius 2 is 2.00 bits per heavy atom. The summed E-state index contributed by atoms with van der Waals surface area (Å²) in [4.78, 5) is 15.1. The Balaban J connectivity index is 1.71. The Hall–Kier alpha value is -0.610. The molecular formula is C12H22N2O2. The standard InChI is InChI=1S/C12H22N2O2/c1-2-3-5-13-6-4-12(8-13)9-14(10-12)7-11(15)16/h2-10H2,1H3,(H,15,16). The first-order chi connectivity index (χ1) is 7.63. The summed E-state index contributed by atoms with van der Waals surface area (Å²) in [6.07, 6.45) is 3.80. The minimum absolute atomic E-state index is 0.219. The molecule has 0 atom stereocenters. The molecule has 4 heteroatoms. The van der Waals surface area contributed by atoms with Crippen LogP contribution in [0.3, 0.4) is 0 Å². The third-order valence-corrected chi connectivity index (χ3v) is 3.82. The Morgan fingerprint density at radius 3 is 2.62 bits per heavy atom. The fourth-order valence-electron chi connectivity index (χ4n) is 3.06. The summed E-state index contributed by atoms with van der Waals surface area (Å²) >= 11 is 0. The van der Waals surface area contributed by atoms with Crippen molar-refractivity contribution in [3.8, 4) is 0 Å². The van der Waals surface area contributed by atoms with E-state index in [1.165, 1.54) is 38.9 Å². The number of unbranched alkanes of at least 4 members (excludes halogenated alkanes) is 1. The summed E-state index contributed by atoms with van der Waals surface area (Å²) in [6.45, 7) is 8.03. The second kappa shape index (κ2) is 4.72. The van der Waals surface area contributed by atoms with E-state index in [-0.39, 0.29) is 6.54 Å². The smallest absolute Gasteiger partial charge is 0.317 e. The molecule has 0 bridgehead atoms. The van der Waals surface area contributed by atoms with Gasteiger partial charge in [-0.15, -0.1) is 0 Å². The molecule has 16 heavy (non-hydrogen) atoms. The molecule has 0 saturated carbocycles. The number of carbonyl (C=O) groups is 1. The highest BCUT2D eigenvalue weighted by Crippen LogP contribution is 2.39. The van der Waals surface area contributed by atoms with E-state index in [0.29, 0.717) is 5.41 Å². The van der Waals surface area contributed by atoms with Gasteiger partial charge >= 0.3 is 5.97 Å². The summed E-state index contributed by atoms with van der Waals surface area (Å²) in [5, 5.41) is 8.70. The summed E-state index contributed by atoms with van der Waals surface area (Å²) in [6, 6.07) is 0. The molecule has 2 aliphatic rings. The number of aliphatic carboxylic acids is 1. The van der Waals surface area contributed by atoms with Crippen LogP contribution in [0.1, 0.15) is 26.2 Å². The molecule has 2 heterocycles. The van der Waals surface area contributed by atoms with Crippen LogP contribution in [-0.4, -0.2) is 60.1 Å². The van der Waals surface area contributed by atoms with E-state index in [9.17, 15) is 4.79 Å². The summed E-state index contributed by atoms with van der Waals surface area (Å²) in [5.74, 6) is -0.698. The van der Waals surface area contributed by atoms with E-state index in [0.717, 1.165) is 13.1 Å². The van der Waals surface area contributed by atoms with Crippen molar-refractivity contribution >= 4 is 5.97 Å². The Labute approximate surface area is 97.2 Å². The maximum Gasteiger partial charge on any atom is 0.317 e. The first-order valence-corrected chi connectivity index (χ1v) is 6.30. The molecule has 2 rings (SSSR count). The lowest BCUT2D eigenvalue weighted by Crippen LogP contribution is -2.58. The average molecular weight is 226 g/mol. The van der Waals surface area contributed by atoms with Gasteiger partial charge in [0.05, 0.1) is 6.54 Å². The van der Waals surface area contributed by atoms with Crippen molar-refractivity contribution in [3.05, 3.63) is 0 Å². The summed E-state index contributed by atoms with van der Waals surface area (Å²) < 4.78 is 0. The predicted octanol–water partition coefficient (Wildman–Crippen LogP) is 0.879. The van der Waals surface area contributed by atoms with E-state index in [1.54, 1.807) is 0 Å². The normalized spacial score (nSPS) is 24.8. The molecule has 0 aliphatic carbocycles. The first-order valence-electron chi connectivity index (χ1n) is 6.30. The summed E-state index contributed by atoms with van der Waals surface area (Å²) in [7, 11) is 0. The molecule has 0 aromatic rings. The van der Waals surface area contributed by atoms with Crippen molar-refractivity contribution in [3.63, 3.8) is 0 Å². The molecule has 0 unspecified atom stereocenters. The first kappa shape index (κ1) is 11.9. The van der Waals surface area contributed by atoms with Crippen molar-refractivity contribution in [2.75, 3.05) is 39.3 Å². The predicted molar refractivity (Wildman–Crippen MR) is 62.5 cm³/mol. The van der Waals surface area contributed by atoms with Gasteiger partial charge in [-0.1, -0.05) is 13.3 Å². The van der Waals surface area contributed by atoms with Crippen molar-refractivity contribution < 1.29 is 9.90 Å². The number of rotatable bonds is 5. The van der Waals surface area contributed by atoms with Crippen molar-refractivity contribution in [1.29, 1.82) is 0 Å². The van der Waals surface area contributed by atoms with Crippen LogP contribution in [0.15, 0.2) is 0 Å². The minimum atomic E-state index is -0.698. The number of hydrogen-bond donors (Lipinski definition) is 1. The van der Waals surface area contributed by atoms with Gasteiger partial charge in [-0.05, 0) is 25.9 Å². The van der Waals surface area contributed by atoms with E-state index >= 15 is 0 Å². The number of likely N-dealkylation sites (tertiary alicyclic amines) is 2. The molecule has 4 nitrogen and oxygen atoms in total. The summed E-state index contributed by atoms with van der Waals surface area (Å²) in [5.41, 5.74) is 0.434. The second-order valence-electron chi connectivity index (χ2n) is 5.42. The highest BCUT2D eigenvalue weighted by molar-refractivity contribution is 5.69. The number of carboxylic acids is 1. The zero-order valence-electron chi connectivity index (χ0n) is 10.1. The van der Waals surface area contributed by atoms with Crippen molar-refractivity contribution in [2.24, 2.45) is 5.41 Å². The van der Waals surface area contributed by atoms with Gasteiger partial charge in [0, 0.05) is 25.0 Å². The van der Waals surface area contributed by atoms with Gasteiger partial charge in [-0.2, -0.15) is 0 Å². The second-order valence-corrected chi connectivity index (χ2v) is 5.42. The van der Waals surface area contributed by atoms with Gasteiger partial charge in [0.2, 0.25) is 0 Å². The third-order valence-electron chi connectivity index (χ3n) is 3.82. The van der Waals surface area contributed by atoms with E-state index in [4.69, 9.17) is 5.11 Å². The van der Waals surface area contributed by atoms with Gasteiger partial charge in [-0.3, -0.25) is 9.69 Å². The van der Waals surface area contributed by atoms with E-state index in [2.05, 4.69) is 11.8 Å². The van der Waals surface area contributed by atoms with Crippen LogP contribution >= 0.6 is 0 Å². The average Bonchev–Trinajstić information content (AvgIpc) is 2.57. The van der Waals surface area contributed by atoms with E-state index in [1.807, 2.05) is 4.90 Å². The molecule has 1 spiro atoms. The molecule has 2 aliphatic heterocycles. The zero-order valence-corrected chi connectivity index (χ0v) is 10.1. The fraction of sp³-hybridized carbons (Fsp3) is 0.917. The minimum Gasteiger partial charge on any atom is -0.480 e. The molecule has 1 N–H and O–H groups in total. The van der Waals surface area contributed by atoms with Gasteiger partial charge in [0.1, 0.15) is 0 Å².